The molecular weight excluding hydrogens is 499 g/mol. The van der Waals surface area contributed by atoms with Gasteiger partial charge < -0.3 is 14.5 Å². The predicted molar refractivity (Wildman–Crippen MR) is 143 cm³/mol. The first kappa shape index (κ1) is 24.8. The molecule has 0 saturated carbocycles. The molecule has 0 aliphatic carbocycles. The van der Waals surface area contributed by atoms with Gasteiger partial charge in [-0.2, -0.15) is 5.10 Å². The summed E-state index contributed by atoms with van der Waals surface area (Å²) in [6.07, 6.45) is -0.0170. The van der Waals surface area contributed by atoms with E-state index in [0.717, 1.165) is 16.5 Å². The predicted octanol–water partition coefficient (Wildman–Crippen LogP) is 3.99. The van der Waals surface area contributed by atoms with E-state index in [2.05, 4.69) is 10.2 Å². The van der Waals surface area contributed by atoms with Crippen LogP contribution in [-0.2, 0) is 17.8 Å². The Kier molecular flexibility index (Phi) is 6.56. The zero-order valence-corrected chi connectivity index (χ0v) is 21.2. The van der Waals surface area contributed by atoms with Gasteiger partial charge in [0.2, 0.25) is 0 Å². The van der Waals surface area contributed by atoms with Crippen LogP contribution in [-0.4, -0.2) is 58.2 Å². The summed E-state index contributed by atoms with van der Waals surface area (Å²) in [6, 6.07) is 21.2. The van der Waals surface area contributed by atoms with E-state index in [-0.39, 0.29) is 41.6 Å². The Morgan fingerprint density at radius 1 is 0.872 bits per heavy atom. The molecule has 0 spiro atoms. The number of fused-ring (bicyclic) bond motifs is 2. The highest BCUT2D eigenvalue weighted by atomic mass is 19.1. The molecule has 0 bridgehead atoms. The second-order valence-electron chi connectivity index (χ2n) is 10.2. The van der Waals surface area contributed by atoms with Crippen molar-refractivity contribution in [2.75, 3.05) is 26.2 Å². The number of aromatic nitrogens is 2. The van der Waals surface area contributed by atoms with Gasteiger partial charge in [-0.05, 0) is 29.3 Å². The first-order chi connectivity index (χ1) is 19.0. The molecule has 2 saturated heterocycles. The SMILES string of the molecule is O=C(OCc1ccccc1)N1CC2CN(C(=O)c3cc(Cc4n[nH]c(=O)c5ccccc45)ccc3F)CC2C1. The fourth-order valence-corrected chi connectivity index (χ4v) is 5.63. The minimum atomic E-state index is -0.578. The highest BCUT2D eigenvalue weighted by molar-refractivity contribution is 5.95. The van der Waals surface area contributed by atoms with Crippen LogP contribution >= 0.6 is 0 Å². The van der Waals surface area contributed by atoms with E-state index in [1.54, 1.807) is 34.1 Å². The molecule has 3 heterocycles. The lowest BCUT2D eigenvalue weighted by Crippen LogP contribution is -2.36. The molecule has 2 aliphatic heterocycles. The van der Waals surface area contributed by atoms with Gasteiger partial charge in [0, 0.05) is 49.8 Å². The number of likely N-dealkylation sites (tertiary alicyclic amines) is 2. The van der Waals surface area contributed by atoms with Gasteiger partial charge in [0.25, 0.3) is 11.5 Å². The van der Waals surface area contributed by atoms with Gasteiger partial charge in [-0.1, -0.05) is 54.6 Å². The van der Waals surface area contributed by atoms with Gasteiger partial charge in [0.05, 0.1) is 16.6 Å². The highest BCUT2D eigenvalue weighted by Gasteiger charge is 2.44. The average molecular weight is 527 g/mol. The average Bonchev–Trinajstić information content (AvgIpc) is 3.55. The number of carbonyl (C=O) groups excluding carboxylic acids is 2. The van der Waals surface area contributed by atoms with Gasteiger partial charge in [-0.3, -0.25) is 9.59 Å². The summed E-state index contributed by atoms with van der Waals surface area (Å²) >= 11 is 0. The molecule has 8 nitrogen and oxygen atoms in total. The van der Waals surface area contributed by atoms with Crippen LogP contribution < -0.4 is 5.56 Å². The van der Waals surface area contributed by atoms with E-state index < -0.39 is 5.82 Å². The third kappa shape index (κ3) is 4.99. The zero-order valence-electron chi connectivity index (χ0n) is 21.2. The number of carbonyl (C=O) groups is 2. The van der Waals surface area contributed by atoms with Crippen LogP contribution in [0.25, 0.3) is 10.8 Å². The van der Waals surface area contributed by atoms with E-state index in [1.165, 1.54) is 6.07 Å². The summed E-state index contributed by atoms with van der Waals surface area (Å²) in [5.74, 6) is -0.685. The molecule has 1 aromatic heterocycles. The van der Waals surface area contributed by atoms with Gasteiger partial charge in [-0.15, -0.1) is 0 Å². The van der Waals surface area contributed by atoms with Crippen molar-refractivity contribution in [1.82, 2.24) is 20.0 Å². The van der Waals surface area contributed by atoms with Crippen LogP contribution in [0.4, 0.5) is 9.18 Å². The monoisotopic (exact) mass is 526 g/mol. The Labute approximate surface area is 224 Å². The smallest absolute Gasteiger partial charge is 0.410 e. The van der Waals surface area contributed by atoms with Crippen molar-refractivity contribution in [3.8, 4) is 0 Å². The molecule has 39 heavy (non-hydrogen) atoms. The van der Waals surface area contributed by atoms with E-state index in [9.17, 15) is 18.8 Å². The molecule has 9 heteroatoms. The summed E-state index contributed by atoms with van der Waals surface area (Å²) in [5.41, 5.74) is 2.03. The minimum absolute atomic E-state index is 0.0142. The Morgan fingerprint density at radius 2 is 1.54 bits per heavy atom. The number of halogens is 1. The van der Waals surface area contributed by atoms with E-state index in [1.807, 2.05) is 42.5 Å². The third-order valence-electron chi connectivity index (χ3n) is 7.64. The van der Waals surface area contributed by atoms with E-state index in [4.69, 9.17) is 4.74 Å². The van der Waals surface area contributed by atoms with Crippen molar-refractivity contribution in [2.24, 2.45) is 11.8 Å². The molecular formula is C30H27FN4O4. The number of hydrogen-bond donors (Lipinski definition) is 1. The lowest BCUT2D eigenvalue weighted by atomic mass is 10.0. The largest absolute Gasteiger partial charge is 0.445 e. The first-order valence-electron chi connectivity index (χ1n) is 13.0. The molecule has 6 rings (SSSR count). The van der Waals surface area contributed by atoms with Crippen molar-refractivity contribution in [3.05, 3.63) is 111 Å². The van der Waals surface area contributed by atoms with Gasteiger partial charge in [-0.25, -0.2) is 14.3 Å². The zero-order chi connectivity index (χ0) is 26.9. The minimum Gasteiger partial charge on any atom is -0.445 e. The Bertz CT molecular complexity index is 1590. The Morgan fingerprint density at radius 3 is 2.28 bits per heavy atom. The normalized spacial score (nSPS) is 18.4. The molecule has 2 aliphatic rings. The summed E-state index contributed by atoms with van der Waals surface area (Å²) in [5, 5.41) is 7.96. The number of rotatable bonds is 5. The van der Waals surface area contributed by atoms with Crippen molar-refractivity contribution in [2.45, 2.75) is 13.0 Å². The van der Waals surface area contributed by atoms with Crippen LogP contribution in [0, 0.1) is 17.7 Å². The number of benzene rings is 3. The van der Waals surface area contributed by atoms with Crippen LogP contribution in [0.2, 0.25) is 0 Å². The van der Waals surface area contributed by atoms with Crippen molar-refractivity contribution < 1.29 is 18.7 Å². The fourth-order valence-electron chi connectivity index (χ4n) is 5.63. The van der Waals surface area contributed by atoms with E-state index >= 15 is 0 Å². The van der Waals surface area contributed by atoms with Crippen LogP contribution in [0.1, 0.15) is 27.2 Å². The quantitative estimate of drug-likeness (QED) is 0.424. The molecule has 2 atom stereocenters. The van der Waals surface area contributed by atoms with Crippen molar-refractivity contribution in [1.29, 1.82) is 0 Å². The molecule has 4 aromatic rings. The topological polar surface area (TPSA) is 95.6 Å². The van der Waals surface area contributed by atoms with Gasteiger partial charge >= 0.3 is 6.09 Å². The summed E-state index contributed by atoms with van der Waals surface area (Å²) in [4.78, 5) is 41.4. The summed E-state index contributed by atoms with van der Waals surface area (Å²) in [6.45, 7) is 2.16. The molecule has 0 radical (unpaired) electrons. The third-order valence-corrected chi connectivity index (χ3v) is 7.64. The van der Waals surface area contributed by atoms with E-state index in [0.29, 0.717) is 43.7 Å². The number of nitrogens with one attached hydrogen (secondary N) is 1. The number of amides is 2. The number of ether oxygens (including phenoxy) is 1. The molecule has 2 amide bonds. The lowest BCUT2D eigenvalue weighted by molar-refractivity contribution is 0.0760. The fraction of sp³-hybridized carbons (Fsp3) is 0.267. The maximum atomic E-state index is 14.8. The Hall–Kier alpha value is -4.53. The second kappa shape index (κ2) is 10.3. The second-order valence-corrected chi connectivity index (χ2v) is 10.2. The first-order valence-corrected chi connectivity index (χ1v) is 13.0. The highest BCUT2D eigenvalue weighted by Crippen LogP contribution is 2.33. The van der Waals surface area contributed by atoms with Crippen molar-refractivity contribution >= 4 is 22.8 Å². The number of hydrogen-bond acceptors (Lipinski definition) is 5. The summed E-state index contributed by atoms with van der Waals surface area (Å²) < 4.78 is 20.3. The van der Waals surface area contributed by atoms with Crippen LogP contribution in [0.15, 0.2) is 77.6 Å². The standard InChI is InChI=1S/C30H27FN4O4/c31-26-11-10-20(13-27-23-8-4-5-9-24(23)28(36)33-32-27)12-25(26)29(37)34-14-21-16-35(17-22(21)15-34)30(38)39-18-19-6-2-1-3-7-19/h1-12,21-22H,13-18H2,(H,33,36). The van der Waals surface area contributed by atoms with Gasteiger partial charge in [0.1, 0.15) is 12.4 Å². The number of nitrogens with zero attached hydrogens (tertiary/aromatic N) is 3. The maximum Gasteiger partial charge on any atom is 0.410 e. The molecule has 1 N–H and O–H groups in total. The van der Waals surface area contributed by atoms with Crippen LogP contribution in [0.3, 0.4) is 0 Å². The maximum absolute atomic E-state index is 14.8. The van der Waals surface area contributed by atoms with Crippen molar-refractivity contribution in [3.63, 3.8) is 0 Å². The Balaban J connectivity index is 1.11. The molecule has 3 aromatic carbocycles. The number of aromatic amines is 1. The summed E-state index contributed by atoms with van der Waals surface area (Å²) in [7, 11) is 0. The lowest BCUT2D eigenvalue weighted by Gasteiger charge is -2.22. The molecule has 198 valence electrons. The van der Waals surface area contributed by atoms with Crippen LogP contribution in [0.5, 0.6) is 0 Å². The number of H-pyrrole nitrogens is 1. The molecule has 2 unspecified atom stereocenters. The molecule has 2 fully saturated rings. The van der Waals surface area contributed by atoms with Gasteiger partial charge in [0.15, 0.2) is 0 Å².